The zero-order valence-electron chi connectivity index (χ0n) is 10.6. The Morgan fingerprint density at radius 1 is 1.18 bits per heavy atom. The standard InChI is InChI=1S/C14H23NO2/c1-2-6-12(7-3-1)14-16-11-13(17-14)10-15-8-4-5-9-15/h1-2,12-14H,3-11H2/p+1/t12-,13+,14-/m0/s1. The summed E-state index contributed by atoms with van der Waals surface area (Å²) in [6.07, 6.45) is 11.3. The zero-order chi connectivity index (χ0) is 11.5. The molecule has 0 unspecified atom stereocenters. The maximum absolute atomic E-state index is 6.09. The molecule has 3 rings (SSSR count). The normalized spacial score (nSPS) is 38.9. The highest BCUT2D eigenvalue weighted by Crippen LogP contribution is 2.28. The number of ether oxygens (including phenoxy) is 2. The van der Waals surface area contributed by atoms with Crippen molar-refractivity contribution < 1.29 is 14.4 Å². The van der Waals surface area contributed by atoms with Crippen LogP contribution in [0.5, 0.6) is 0 Å². The van der Waals surface area contributed by atoms with Crippen LogP contribution in [0.2, 0.25) is 0 Å². The van der Waals surface area contributed by atoms with Crippen LogP contribution >= 0.6 is 0 Å². The summed E-state index contributed by atoms with van der Waals surface area (Å²) in [5, 5.41) is 0. The van der Waals surface area contributed by atoms with Crippen LogP contribution in [0.25, 0.3) is 0 Å². The van der Waals surface area contributed by atoms with E-state index in [0.29, 0.717) is 12.0 Å². The molecule has 1 N–H and O–H groups in total. The van der Waals surface area contributed by atoms with Crippen LogP contribution in [0, 0.1) is 5.92 Å². The number of rotatable bonds is 3. The molecule has 1 aliphatic carbocycles. The lowest BCUT2D eigenvalue weighted by atomic mass is 9.94. The average Bonchev–Trinajstić information content (AvgIpc) is 3.02. The van der Waals surface area contributed by atoms with Crippen molar-refractivity contribution in [1.82, 2.24) is 0 Å². The molecule has 0 bridgehead atoms. The Morgan fingerprint density at radius 2 is 2.06 bits per heavy atom. The van der Waals surface area contributed by atoms with Gasteiger partial charge in [0.05, 0.1) is 19.7 Å². The molecule has 3 nitrogen and oxygen atoms in total. The molecule has 0 aromatic heterocycles. The van der Waals surface area contributed by atoms with Crippen molar-refractivity contribution in [3.05, 3.63) is 12.2 Å². The first-order valence-electron chi connectivity index (χ1n) is 7.17. The molecule has 0 radical (unpaired) electrons. The largest absolute Gasteiger partial charge is 0.349 e. The molecule has 17 heavy (non-hydrogen) atoms. The van der Waals surface area contributed by atoms with Crippen molar-refractivity contribution in [3.63, 3.8) is 0 Å². The second-order valence-electron chi connectivity index (χ2n) is 5.67. The van der Waals surface area contributed by atoms with Gasteiger partial charge in [-0.2, -0.15) is 0 Å². The molecular formula is C14H24NO2+. The molecule has 0 aromatic rings. The van der Waals surface area contributed by atoms with Crippen LogP contribution < -0.4 is 4.90 Å². The molecule has 3 aliphatic rings. The lowest BCUT2D eigenvalue weighted by Gasteiger charge is -2.23. The minimum Gasteiger partial charge on any atom is -0.349 e. The third-order valence-corrected chi connectivity index (χ3v) is 4.29. The van der Waals surface area contributed by atoms with Crippen LogP contribution in [-0.2, 0) is 9.47 Å². The molecular weight excluding hydrogens is 214 g/mol. The van der Waals surface area contributed by atoms with Crippen molar-refractivity contribution in [2.24, 2.45) is 5.92 Å². The summed E-state index contributed by atoms with van der Waals surface area (Å²) in [4.78, 5) is 1.71. The fourth-order valence-corrected chi connectivity index (χ4v) is 3.29. The minimum absolute atomic E-state index is 0.0759. The number of quaternary nitrogens is 1. The van der Waals surface area contributed by atoms with Gasteiger partial charge in [-0.15, -0.1) is 0 Å². The van der Waals surface area contributed by atoms with Gasteiger partial charge in [0.15, 0.2) is 6.29 Å². The summed E-state index contributed by atoms with van der Waals surface area (Å²) in [5.41, 5.74) is 0. The maximum atomic E-state index is 6.09. The lowest BCUT2D eigenvalue weighted by Crippen LogP contribution is -3.11. The monoisotopic (exact) mass is 238 g/mol. The minimum atomic E-state index is 0.0759. The quantitative estimate of drug-likeness (QED) is 0.734. The summed E-state index contributed by atoms with van der Waals surface area (Å²) in [7, 11) is 0. The van der Waals surface area contributed by atoms with Gasteiger partial charge in [-0.25, -0.2) is 0 Å². The Balaban J connectivity index is 1.46. The Labute approximate surface area is 104 Å². The molecule has 2 fully saturated rings. The van der Waals surface area contributed by atoms with Gasteiger partial charge in [-0.05, 0) is 19.3 Å². The van der Waals surface area contributed by atoms with E-state index in [4.69, 9.17) is 9.47 Å². The van der Waals surface area contributed by atoms with E-state index in [1.807, 2.05) is 0 Å². The summed E-state index contributed by atoms with van der Waals surface area (Å²) >= 11 is 0. The van der Waals surface area contributed by atoms with Crippen LogP contribution in [0.3, 0.4) is 0 Å². The molecule has 0 amide bonds. The van der Waals surface area contributed by atoms with Crippen molar-refractivity contribution in [2.45, 2.75) is 44.5 Å². The van der Waals surface area contributed by atoms with Gasteiger partial charge in [0.1, 0.15) is 12.6 Å². The van der Waals surface area contributed by atoms with E-state index >= 15 is 0 Å². The fourth-order valence-electron chi connectivity index (χ4n) is 3.29. The number of hydrogen-bond donors (Lipinski definition) is 1. The lowest BCUT2D eigenvalue weighted by molar-refractivity contribution is -0.890. The molecule has 2 heterocycles. The topological polar surface area (TPSA) is 22.9 Å². The SMILES string of the molecule is C1=CC[C@H]([C@H]2OC[C@@H](C[NH+]3CCCC3)O2)CC1. The highest BCUT2D eigenvalue weighted by Gasteiger charge is 2.34. The van der Waals surface area contributed by atoms with Gasteiger partial charge in [-0.1, -0.05) is 12.2 Å². The van der Waals surface area contributed by atoms with E-state index < -0.39 is 0 Å². The molecule has 2 saturated heterocycles. The fraction of sp³-hybridized carbons (Fsp3) is 0.857. The summed E-state index contributed by atoms with van der Waals surface area (Å²) in [6.45, 7) is 4.63. The predicted molar refractivity (Wildman–Crippen MR) is 65.9 cm³/mol. The smallest absolute Gasteiger partial charge is 0.161 e. The Hall–Kier alpha value is -0.380. The first-order valence-corrected chi connectivity index (χ1v) is 7.17. The van der Waals surface area contributed by atoms with Crippen LogP contribution in [0.15, 0.2) is 12.2 Å². The van der Waals surface area contributed by atoms with Gasteiger partial charge in [-0.3, -0.25) is 0 Å². The van der Waals surface area contributed by atoms with E-state index in [1.54, 1.807) is 4.90 Å². The van der Waals surface area contributed by atoms with Gasteiger partial charge in [0.25, 0.3) is 0 Å². The number of likely N-dealkylation sites (tertiary alicyclic amines) is 1. The van der Waals surface area contributed by atoms with Crippen molar-refractivity contribution in [2.75, 3.05) is 26.2 Å². The van der Waals surface area contributed by atoms with E-state index in [2.05, 4.69) is 12.2 Å². The summed E-state index contributed by atoms with van der Waals surface area (Å²) < 4.78 is 11.9. The first-order chi connectivity index (χ1) is 8.42. The van der Waals surface area contributed by atoms with Crippen molar-refractivity contribution in [3.8, 4) is 0 Å². The number of nitrogens with one attached hydrogen (secondary N) is 1. The Morgan fingerprint density at radius 3 is 2.82 bits per heavy atom. The number of allylic oxidation sites excluding steroid dienone is 2. The summed E-state index contributed by atoms with van der Waals surface area (Å²) in [5.74, 6) is 0.596. The van der Waals surface area contributed by atoms with Gasteiger partial charge in [0, 0.05) is 18.8 Å². The third kappa shape index (κ3) is 2.90. The van der Waals surface area contributed by atoms with E-state index in [9.17, 15) is 0 Å². The Kier molecular flexibility index (Phi) is 3.79. The molecule has 96 valence electrons. The van der Waals surface area contributed by atoms with E-state index in [0.717, 1.165) is 19.6 Å². The molecule has 3 atom stereocenters. The molecule has 3 heteroatoms. The predicted octanol–water partition coefficient (Wildman–Crippen LogP) is 0.763. The van der Waals surface area contributed by atoms with Crippen LogP contribution in [0.1, 0.15) is 32.1 Å². The highest BCUT2D eigenvalue weighted by atomic mass is 16.7. The van der Waals surface area contributed by atoms with Crippen molar-refractivity contribution >= 4 is 0 Å². The Bertz CT molecular complexity index is 273. The second kappa shape index (κ2) is 5.51. The van der Waals surface area contributed by atoms with Gasteiger partial charge >= 0.3 is 0 Å². The highest BCUT2D eigenvalue weighted by molar-refractivity contribution is 4.91. The zero-order valence-corrected chi connectivity index (χ0v) is 10.6. The average molecular weight is 238 g/mol. The first kappa shape index (κ1) is 11.7. The molecule has 0 saturated carbocycles. The number of hydrogen-bond acceptors (Lipinski definition) is 2. The van der Waals surface area contributed by atoms with E-state index in [-0.39, 0.29) is 6.29 Å². The van der Waals surface area contributed by atoms with Gasteiger partial charge in [0.2, 0.25) is 0 Å². The summed E-state index contributed by atoms with van der Waals surface area (Å²) in [6, 6.07) is 0. The van der Waals surface area contributed by atoms with Crippen molar-refractivity contribution in [1.29, 1.82) is 0 Å². The van der Waals surface area contributed by atoms with Gasteiger partial charge < -0.3 is 14.4 Å². The van der Waals surface area contributed by atoms with Crippen LogP contribution in [0.4, 0.5) is 0 Å². The second-order valence-corrected chi connectivity index (χ2v) is 5.67. The molecule has 2 aliphatic heterocycles. The maximum Gasteiger partial charge on any atom is 0.161 e. The molecule has 0 aromatic carbocycles. The van der Waals surface area contributed by atoms with E-state index in [1.165, 1.54) is 38.8 Å². The van der Waals surface area contributed by atoms with Crippen LogP contribution in [-0.4, -0.2) is 38.6 Å². The third-order valence-electron chi connectivity index (χ3n) is 4.29. The molecule has 0 spiro atoms.